The van der Waals surface area contributed by atoms with Crippen molar-refractivity contribution in [1.29, 1.82) is 0 Å². The van der Waals surface area contributed by atoms with Crippen molar-refractivity contribution in [2.24, 2.45) is 0 Å². The summed E-state index contributed by atoms with van der Waals surface area (Å²) in [5, 5.41) is 6.74. The van der Waals surface area contributed by atoms with Gasteiger partial charge in [-0.1, -0.05) is 42.5 Å². The van der Waals surface area contributed by atoms with Crippen molar-refractivity contribution in [2.45, 2.75) is 6.92 Å². The van der Waals surface area contributed by atoms with Gasteiger partial charge < -0.3 is 10.6 Å². The Kier molecular flexibility index (Phi) is 3.07. The molecule has 2 aromatic rings. The van der Waals surface area contributed by atoms with Crippen molar-refractivity contribution >= 4 is 17.5 Å². The van der Waals surface area contributed by atoms with Crippen LogP contribution in [-0.2, 0) is 0 Å². The van der Waals surface area contributed by atoms with E-state index in [0.29, 0.717) is 0 Å². The maximum absolute atomic E-state index is 3.45. The Balaban J connectivity index is 1.81. The molecule has 0 amide bonds. The van der Waals surface area contributed by atoms with Crippen LogP contribution in [0.3, 0.4) is 0 Å². The molecule has 0 aromatic heterocycles. The molecular weight excluding hydrogens is 232 g/mol. The van der Waals surface area contributed by atoms with E-state index in [-0.39, 0.29) is 0 Å². The van der Waals surface area contributed by atoms with Gasteiger partial charge in [0, 0.05) is 17.6 Å². The number of rotatable bonds is 2. The van der Waals surface area contributed by atoms with Gasteiger partial charge in [-0.15, -0.1) is 0 Å². The van der Waals surface area contributed by atoms with E-state index in [1.807, 2.05) is 36.5 Å². The van der Waals surface area contributed by atoms with Crippen LogP contribution in [0.2, 0.25) is 0 Å². The smallest absolute Gasteiger partial charge is 0.0547 e. The molecule has 94 valence electrons. The largest absolute Gasteiger partial charge is 0.360 e. The van der Waals surface area contributed by atoms with E-state index in [9.17, 15) is 0 Å². The van der Waals surface area contributed by atoms with Gasteiger partial charge in [0.2, 0.25) is 0 Å². The molecule has 1 aliphatic rings. The van der Waals surface area contributed by atoms with Gasteiger partial charge in [0.05, 0.1) is 5.70 Å². The van der Waals surface area contributed by atoms with Crippen molar-refractivity contribution in [1.82, 2.24) is 0 Å². The third kappa shape index (κ3) is 2.52. The summed E-state index contributed by atoms with van der Waals surface area (Å²) in [5.41, 5.74) is 5.82. The zero-order valence-corrected chi connectivity index (χ0v) is 10.9. The van der Waals surface area contributed by atoms with Crippen LogP contribution in [0.25, 0.3) is 6.08 Å². The molecule has 2 nitrogen and oxygen atoms in total. The monoisotopic (exact) mass is 248 g/mol. The molecule has 0 spiro atoms. The van der Waals surface area contributed by atoms with Gasteiger partial charge in [0.15, 0.2) is 0 Å². The highest BCUT2D eigenvalue weighted by atomic mass is 14.9. The minimum Gasteiger partial charge on any atom is -0.360 e. The van der Waals surface area contributed by atoms with Gasteiger partial charge >= 0.3 is 0 Å². The highest BCUT2D eigenvalue weighted by Crippen LogP contribution is 2.27. The van der Waals surface area contributed by atoms with Crippen molar-refractivity contribution in [3.8, 4) is 0 Å². The van der Waals surface area contributed by atoms with Crippen molar-refractivity contribution in [3.05, 3.63) is 77.6 Å². The average Bonchev–Trinajstić information content (AvgIpc) is 2.47. The maximum Gasteiger partial charge on any atom is 0.0547 e. The van der Waals surface area contributed by atoms with E-state index in [0.717, 1.165) is 11.4 Å². The van der Waals surface area contributed by atoms with Crippen LogP contribution in [0.15, 0.2) is 66.5 Å². The summed E-state index contributed by atoms with van der Waals surface area (Å²) in [7, 11) is 0. The fourth-order valence-electron chi connectivity index (χ4n) is 2.15. The van der Waals surface area contributed by atoms with Crippen LogP contribution in [0.1, 0.15) is 11.1 Å². The zero-order valence-electron chi connectivity index (χ0n) is 10.9. The summed E-state index contributed by atoms with van der Waals surface area (Å²) in [4.78, 5) is 0. The first-order chi connectivity index (χ1) is 9.33. The Morgan fingerprint density at radius 3 is 2.63 bits per heavy atom. The Bertz CT molecular complexity index is 640. The average molecular weight is 248 g/mol. The molecule has 0 saturated carbocycles. The normalized spacial score (nSPS) is 14.9. The predicted octanol–water partition coefficient (Wildman–Crippen LogP) is 4.39. The lowest BCUT2D eigenvalue weighted by molar-refractivity contribution is 1.35. The fourth-order valence-corrected chi connectivity index (χ4v) is 2.15. The van der Waals surface area contributed by atoms with Crippen molar-refractivity contribution in [2.75, 3.05) is 10.6 Å². The topological polar surface area (TPSA) is 24.1 Å². The molecule has 2 N–H and O–H groups in total. The predicted molar refractivity (Wildman–Crippen MR) is 82.0 cm³/mol. The maximum atomic E-state index is 3.45. The van der Waals surface area contributed by atoms with E-state index in [2.05, 4.69) is 47.9 Å². The Labute approximate surface area is 113 Å². The lowest BCUT2D eigenvalue weighted by Crippen LogP contribution is -2.06. The van der Waals surface area contributed by atoms with Gasteiger partial charge in [0.1, 0.15) is 0 Å². The van der Waals surface area contributed by atoms with E-state index >= 15 is 0 Å². The molecule has 2 aromatic carbocycles. The number of para-hydroxylation sites is 2. The summed E-state index contributed by atoms with van der Waals surface area (Å²) < 4.78 is 0. The quantitative estimate of drug-likeness (QED) is 0.823. The Morgan fingerprint density at radius 2 is 1.79 bits per heavy atom. The number of hydrogen-bond acceptors (Lipinski definition) is 2. The molecular formula is C17H16N2. The van der Waals surface area contributed by atoms with Crippen LogP contribution in [0.5, 0.6) is 0 Å². The number of anilines is 2. The lowest BCUT2D eigenvalue weighted by atomic mass is 10.0. The molecule has 1 aliphatic heterocycles. The summed E-state index contributed by atoms with van der Waals surface area (Å²) in [6.07, 6.45) is 6.20. The molecule has 3 rings (SSSR count). The second-order valence-electron chi connectivity index (χ2n) is 4.61. The van der Waals surface area contributed by atoms with E-state index in [4.69, 9.17) is 0 Å². The SMILES string of the molecule is Cc1cccc2c1N/C(=C\Nc1ccccc1)C=C2. The van der Waals surface area contributed by atoms with Gasteiger partial charge in [-0.05, 0) is 36.3 Å². The Hall–Kier alpha value is -2.48. The van der Waals surface area contributed by atoms with E-state index in [1.54, 1.807) is 0 Å². The molecule has 19 heavy (non-hydrogen) atoms. The summed E-state index contributed by atoms with van der Waals surface area (Å²) in [6, 6.07) is 16.5. The zero-order chi connectivity index (χ0) is 13.1. The summed E-state index contributed by atoms with van der Waals surface area (Å²) >= 11 is 0. The first-order valence-electron chi connectivity index (χ1n) is 6.39. The molecule has 0 unspecified atom stereocenters. The van der Waals surface area contributed by atoms with Gasteiger partial charge in [-0.2, -0.15) is 0 Å². The first-order valence-corrected chi connectivity index (χ1v) is 6.39. The van der Waals surface area contributed by atoms with Crippen LogP contribution in [-0.4, -0.2) is 0 Å². The summed E-state index contributed by atoms with van der Waals surface area (Å²) in [6.45, 7) is 2.12. The van der Waals surface area contributed by atoms with Crippen LogP contribution in [0, 0.1) is 6.92 Å². The first kappa shape index (κ1) is 11.6. The Morgan fingerprint density at radius 1 is 0.947 bits per heavy atom. The van der Waals surface area contributed by atoms with Crippen LogP contribution in [0.4, 0.5) is 11.4 Å². The molecule has 0 aliphatic carbocycles. The second-order valence-corrected chi connectivity index (χ2v) is 4.61. The number of fused-ring (bicyclic) bond motifs is 1. The molecule has 0 bridgehead atoms. The van der Waals surface area contributed by atoms with Crippen LogP contribution >= 0.6 is 0 Å². The second kappa shape index (κ2) is 5.02. The number of allylic oxidation sites excluding steroid dienone is 1. The molecule has 2 heteroatoms. The molecule has 0 saturated heterocycles. The molecule has 0 atom stereocenters. The van der Waals surface area contributed by atoms with Crippen molar-refractivity contribution < 1.29 is 0 Å². The number of nitrogens with one attached hydrogen (secondary N) is 2. The summed E-state index contributed by atoms with van der Waals surface area (Å²) in [5.74, 6) is 0. The molecule has 0 radical (unpaired) electrons. The van der Waals surface area contributed by atoms with Gasteiger partial charge in [-0.25, -0.2) is 0 Å². The highest BCUT2D eigenvalue weighted by molar-refractivity contribution is 5.77. The van der Waals surface area contributed by atoms with E-state index in [1.165, 1.54) is 16.8 Å². The number of aryl methyl sites for hydroxylation is 1. The van der Waals surface area contributed by atoms with Gasteiger partial charge in [-0.3, -0.25) is 0 Å². The van der Waals surface area contributed by atoms with Crippen LogP contribution < -0.4 is 10.6 Å². The van der Waals surface area contributed by atoms with E-state index < -0.39 is 0 Å². The fraction of sp³-hybridized carbons (Fsp3) is 0.0588. The molecule has 1 heterocycles. The lowest BCUT2D eigenvalue weighted by Gasteiger charge is -2.18. The highest BCUT2D eigenvalue weighted by Gasteiger charge is 2.08. The molecule has 0 fully saturated rings. The standard InChI is InChI=1S/C17H16N2/c1-13-6-5-7-14-10-11-16(19-17(13)14)12-18-15-8-3-2-4-9-15/h2-12,18-19H,1H3/b16-12-. The van der Waals surface area contributed by atoms with Gasteiger partial charge in [0.25, 0.3) is 0 Å². The number of benzene rings is 2. The number of hydrogen-bond donors (Lipinski definition) is 2. The van der Waals surface area contributed by atoms with Crippen molar-refractivity contribution in [3.63, 3.8) is 0 Å². The minimum atomic E-state index is 1.06. The minimum absolute atomic E-state index is 1.06. The third-order valence-electron chi connectivity index (χ3n) is 3.18. The third-order valence-corrected chi connectivity index (χ3v) is 3.18.